The van der Waals surface area contributed by atoms with Crippen LogP contribution in [0.2, 0.25) is 10.0 Å². The van der Waals surface area contributed by atoms with Crippen molar-refractivity contribution in [1.29, 1.82) is 0 Å². The molecule has 2 aromatic rings. The van der Waals surface area contributed by atoms with E-state index in [1.165, 1.54) is 18.9 Å². The van der Waals surface area contributed by atoms with E-state index in [0.717, 1.165) is 63.0 Å². The second-order valence-electron chi connectivity index (χ2n) is 9.47. The summed E-state index contributed by atoms with van der Waals surface area (Å²) < 4.78 is 0. The lowest BCUT2D eigenvalue weighted by atomic mass is 9.93. The maximum absolute atomic E-state index is 12.0. The van der Waals surface area contributed by atoms with Gasteiger partial charge in [0.1, 0.15) is 0 Å². The molecule has 0 spiro atoms. The molecule has 2 aromatic carbocycles. The predicted octanol–water partition coefficient (Wildman–Crippen LogP) is 6.22. The van der Waals surface area contributed by atoms with Crippen molar-refractivity contribution in [3.8, 4) is 0 Å². The summed E-state index contributed by atoms with van der Waals surface area (Å²) in [5, 5.41) is 6.92. The van der Waals surface area contributed by atoms with E-state index in [4.69, 9.17) is 23.2 Å². The molecule has 1 aliphatic rings. The minimum atomic E-state index is -0.100. The van der Waals surface area contributed by atoms with Gasteiger partial charge in [-0.25, -0.2) is 0 Å². The van der Waals surface area contributed by atoms with Crippen molar-refractivity contribution >= 4 is 47.2 Å². The van der Waals surface area contributed by atoms with Crippen LogP contribution in [0.15, 0.2) is 60.7 Å². The van der Waals surface area contributed by atoms with Crippen molar-refractivity contribution < 1.29 is 9.59 Å². The SMILES string of the molecule is O=C(C=Cc1ccc(Cl)c(Cl)c1)NCCCCCN1CCC(CCNC(=O)/C=C/c2ccccc2)CC1. The number of likely N-dealkylation sites (tertiary alicyclic amines) is 1. The molecule has 1 heterocycles. The standard InChI is InChI=1S/C30H37Cl2N3O2/c31-27-12-9-26(23-28(27)32)11-14-29(36)33-18-5-2-6-20-35-21-16-25(17-22-35)15-19-34-30(37)13-10-24-7-3-1-4-8-24/h1,3-4,7-14,23,25H,2,5-6,15-22H2,(H,33,36)(H,34,37)/b13-10+,14-11?. The van der Waals surface area contributed by atoms with Crippen LogP contribution in [0.3, 0.4) is 0 Å². The van der Waals surface area contributed by atoms with Gasteiger partial charge in [-0.1, -0.05) is 66.0 Å². The smallest absolute Gasteiger partial charge is 0.243 e. The number of unbranched alkanes of at least 4 members (excludes halogenated alkanes) is 2. The molecule has 1 aliphatic heterocycles. The highest BCUT2D eigenvalue weighted by Crippen LogP contribution is 2.23. The molecule has 0 radical (unpaired) electrons. The summed E-state index contributed by atoms with van der Waals surface area (Å²) in [6.07, 6.45) is 13.3. The van der Waals surface area contributed by atoms with Crippen LogP contribution in [-0.4, -0.2) is 49.4 Å². The number of carbonyl (C=O) groups is 2. The van der Waals surface area contributed by atoms with Crippen LogP contribution in [-0.2, 0) is 9.59 Å². The zero-order valence-corrected chi connectivity index (χ0v) is 22.8. The first kappa shape index (κ1) is 29.0. The molecule has 0 aromatic heterocycles. The quantitative estimate of drug-likeness (QED) is 0.233. The molecule has 198 valence electrons. The second-order valence-corrected chi connectivity index (χ2v) is 10.3. The lowest BCUT2D eigenvalue weighted by molar-refractivity contribution is -0.117. The van der Waals surface area contributed by atoms with Gasteiger partial charge in [-0.2, -0.15) is 0 Å². The van der Waals surface area contributed by atoms with E-state index in [9.17, 15) is 9.59 Å². The third-order valence-corrected chi connectivity index (χ3v) is 7.35. The molecule has 3 rings (SSSR count). The molecule has 2 amide bonds. The third kappa shape index (κ3) is 11.5. The maximum Gasteiger partial charge on any atom is 0.243 e. The van der Waals surface area contributed by atoms with Gasteiger partial charge in [-0.15, -0.1) is 0 Å². The fourth-order valence-electron chi connectivity index (χ4n) is 4.39. The van der Waals surface area contributed by atoms with E-state index in [1.54, 1.807) is 24.3 Å². The van der Waals surface area contributed by atoms with Crippen LogP contribution >= 0.6 is 23.2 Å². The van der Waals surface area contributed by atoms with E-state index < -0.39 is 0 Å². The Bertz CT molecular complexity index is 1050. The van der Waals surface area contributed by atoms with Gasteiger partial charge < -0.3 is 15.5 Å². The van der Waals surface area contributed by atoms with Gasteiger partial charge in [0.2, 0.25) is 11.8 Å². The zero-order valence-electron chi connectivity index (χ0n) is 21.3. The largest absolute Gasteiger partial charge is 0.353 e. The van der Waals surface area contributed by atoms with Crippen molar-refractivity contribution in [1.82, 2.24) is 15.5 Å². The summed E-state index contributed by atoms with van der Waals surface area (Å²) in [5.74, 6) is 0.554. The molecule has 37 heavy (non-hydrogen) atoms. The molecule has 0 saturated carbocycles. The maximum atomic E-state index is 12.0. The molecule has 1 fully saturated rings. The lowest BCUT2D eigenvalue weighted by Gasteiger charge is -2.32. The number of carbonyl (C=O) groups excluding carboxylic acids is 2. The average molecular weight is 543 g/mol. The minimum absolute atomic E-state index is 0.0278. The molecule has 0 unspecified atom stereocenters. The van der Waals surface area contributed by atoms with Gasteiger partial charge in [0.05, 0.1) is 10.0 Å². The number of amides is 2. The molecule has 1 saturated heterocycles. The van der Waals surface area contributed by atoms with Crippen molar-refractivity contribution in [3.05, 3.63) is 81.9 Å². The first-order chi connectivity index (χ1) is 18.0. The highest BCUT2D eigenvalue weighted by molar-refractivity contribution is 6.42. The number of rotatable bonds is 13. The van der Waals surface area contributed by atoms with E-state index in [0.29, 0.717) is 22.5 Å². The van der Waals surface area contributed by atoms with Crippen LogP contribution < -0.4 is 10.6 Å². The Morgan fingerprint density at radius 1 is 0.811 bits per heavy atom. The fraction of sp³-hybridized carbons (Fsp3) is 0.400. The summed E-state index contributed by atoms with van der Waals surface area (Å²) in [5.41, 5.74) is 1.87. The van der Waals surface area contributed by atoms with Gasteiger partial charge >= 0.3 is 0 Å². The van der Waals surface area contributed by atoms with Crippen molar-refractivity contribution in [2.75, 3.05) is 32.7 Å². The summed E-state index contributed by atoms with van der Waals surface area (Å²) in [4.78, 5) is 26.5. The molecule has 7 heteroatoms. The third-order valence-electron chi connectivity index (χ3n) is 6.61. The Kier molecular flexibility index (Phi) is 12.7. The molecule has 0 atom stereocenters. The lowest BCUT2D eigenvalue weighted by Crippen LogP contribution is -2.35. The second kappa shape index (κ2) is 16.3. The topological polar surface area (TPSA) is 61.4 Å². The van der Waals surface area contributed by atoms with Gasteiger partial charge in [0, 0.05) is 25.2 Å². The van der Waals surface area contributed by atoms with Crippen molar-refractivity contribution in [2.24, 2.45) is 5.92 Å². The van der Waals surface area contributed by atoms with Crippen LogP contribution in [0.25, 0.3) is 12.2 Å². The van der Waals surface area contributed by atoms with Gasteiger partial charge in [-0.3, -0.25) is 9.59 Å². The molecule has 0 aliphatic carbocycles. The van der Waals surface area contributed by atoms with Gasteiger partial charge in [0.25, 0.3) is 0 Å². The Morgan fingerprint density at radius 2 is 1.49 bits per heavy atom. The Balaban J connectivity index is 1.17. The van der Waals surface area contributed by atoms with Crippen LogP contribution in [0.4, 0.5) is 0 Å². The number of halogens is 2. The average Bonchev–Trinajstić information content (AvgIpc) is 2.91. The fourth-order valence-corrected chi connectivity index (χ4v) is 4.70. The summed E-state index contributed by atoms with van der Waals surface area (Å²) in [6.45, 7) is 4.78. The number of hydrogen-bond donors (Lipinski definition) is 2. The zero-order chi connectivity index (χ0) is 26.3. The minimum Gasteiger partial charge on any atom is -0.353 e. The van der Waals surface area contributed by atoms with E-state index in [2.05, 4.69) is 15.5 Å². The van der Waals surface area contributed by atoms with Crippen LogP contribution in [0.5, 0.6) is 0 Å². The Hall–Kier alpha value is -2.60. The highest BCUT2D eigenvalue weighted by Gasteiger charge is 2.18. The van der Waals surface area contributed by atoms with Crippen molar-refractivity contribution in [2.45, 2.75) is 38.5 Å². The molecule has 0 bridgehead atoms. The first-order valence-corrected chi connectivity index (χ1v) is 13.9. The summed E-state index contributed by atoms with van der Waals surface area (Å²) >= 11 is 11.9. The number of hydrogen-bond acceptors (Lipinski definition) is 3. The summed E-state index contributed by atoms with van der Waals surface area (Å²) in [6, 6.07) is 15.1. The Labute approximate surface area is 230 Å². The normalized spacial score (nSPS) is 14.9. The number of piperidine rings is 1. The van der Waals surface area contributed by atoms with Crippen LogP contribution in [0.1, 0.15) is 49.7 Å². The Morgan fingerprint density at radius 3 is 2.19 bits per heavy atom. The van der Waals surface area contributed by atoms with Gasteiger partial charge in [-0.05, 0) is 93.1 Å². The highest BCUT2D eigenvalue weighted by atomic mass is 35.5. The number of nitrogens with one attached hydrogen (secondary N) is 2. The number of nitrogens with zero attached hydrogens (tertiary/aromatic N) is 1. The molecular weight excluding hydrogens is 505 g/mol. The monoisotopic (exact) mass is 541 g/mol. The number of benzene rings is 2. The van der Waals surface area contributed by atoms with Crippen LogP contribution in [0, 0.1) is 5.92 Å². The molecule has 2 N–H and O–H groups in total. The van der Waals surface area contributed by atoms with Crippen molar-refractivity contribution in [3.63, 3.8) is 0 Å². The molecule has 5 nitrogen and oxygen atoms in total. The summed E-state index contributed by atoms with van der Waals surface area (Å²) in [7, 11) is 0. The van der Waals surface area contributed by atoms with E-state index in [-0.39, 0.29) is 11.8 Å². The molecular formula is C30H37Cl2N3O2. The van der Waals surface area contributed by atoms with E-state index in [1.807, 2.05) is 42.5 Å². The van der Waals surface area contributed by atoms with E-state index >= 15 is 0 Å². The van der Waals surface area contributed by atoms with Gasteiger partial charge in [0.15, 0.2) is 0 Å². The first-order valence-electron chi connectivity index (χ1n) is 13.1. The predicted molar refractivity (Wildman–Crippen MR) is 155 cm³/mol.